The third-order valence-electron chi connectivity index (χ3n) is 2.84. The van der Waals surface area contributed by atoms with Gasteiger partial charge in [-0.25, -0.2) is 4.79 Å². The van der Waals surface area contributed by atoms with Gasteiger partial charge in [-0.2, -0.15) is 0 Å². The van der Waals surface area contributed by atoms with E-state index in [9.17, 15) is 9.59 Å². The molecule has 0 aliphatic carbocycles. The largest absolute Gasteiger partial charge is 0.478 e. The maximum atomic E-state index is 12.3. The number of anilines is 1. The highest BCUT2D eigenvalue weighted by atomic mass is 16.5. The third kappa shape index (κ3) is 3.26. The molecule has 0 unspecified atom stereocenters. The van der Waals surface area contributed by atoms with Gasteiger partial charge in [0.15, 0.2) is 5.69 Å². The van der Waals surface area contributed by atoms with Gasteiger partial charge in [-0.15, -0.1) is 0 Å². The van der Waals surface area contributed by atoms with Crippen molar-refractivity contribution in [3.8, 4) is 0 Å². The molecule has 0 saturated heterocycles. The van der Waals surface area contributed by atoms with Crippen molar-refractivity contribution in [1.29, 1.82) is 0 Å². The number of rotatable bonds is 5. The number of aryl methyl sites for hydroxylation is 1. The Bertz CT molecular complexity index is 648. The molecule has 2 N–H and O–H groups in total. The molecule has 1 aromatic heterocycles. The lowest BCUT2D eigenvalue weighted by molar-refractivity contribution is 0.0696. The van der Waals surface area contributed by atoms with Crippen molar-refractivity contribution in [2.45, 2.75) is 6.92 Å². The van der Waals surface area contributed by atoms with Crippen LogP contribution in [-0.4, -0.2) is 40.4 Å². The third-order valence-corrected chi connectivity index (χ3v) is 2.84. The molecule has 2 aromatic rings. The molecule has 1 heterocycles. The second kappa shape index (κ2) is 6.19. The number of carboxylic acid groups (broad SMARTS) is 1. The summed E-state index contributed by atoms with van der Waals surface area (Å²) in [5.74, 6) is -0.971. The Morgan fingerprint density at radius 1 is 1.29 bits per heavy atom. The maximum absolute atomic E-state index is 12.3. The van der Waals surface area contributed by atoms with Crippen LogP contribution in [-0.2, 0) is 0 Å². The fraction of sp³-hybridized carbons (Fsp3) is 0.214. The predicted molar refractivity (Wildman–Crippen MR) is 73.4 cm³/mol. The molecule has 0 radical (unpaired) electrons. The van der Waals surface area contributed by atoms with Crippen LogP contribution in [0.25, 0.3) is 0 Å². The van der Waals surface area contributed by atoms with E-state index in [1.54, 1.807) is 6.92 Å². The minimum atomic E-state index is -1.05. The minimum Gasteiger partial charge on any atom is -0.478 e. The number of aromatic nitrogens is 1. The Hall–Kier alpha value is -2.67. The number of carboxylic acids is 1. The Morgan fingerprint density at radius 3 is 2.43 bits per heavy atom. The highest BCUT2D eigenvalue weighted by molar-refractivity contribution is 6.05. The second-order valence-electron chi connectivity index (χ2n) is 4.36. The van der Waals surface area contributed by atoms with Crippen molar-refractivity contribution in [2.75, 3.05) is 18.1 Å². The molecule has 21 heavy (non-hydrogen) atoms. The lowest BCUT2D eigenvalue weighted by Crippen LogP contribution is -2.33. The van der Waals surface area contributed by atoms with Crippen molar-refractivity contribution < 1.29 is 24.3 Å². The van der Waals surface area contributed by atoms with Crippen LogP contribution in [0.2, 0.25) is 0 Å². The van der Waals surface area contributed by atoms with Crippen LogP contribution in [0.5, 0.6) is 0 Å². The first-order valence-electron chi connectivity index (χ1n) is 6.22. The van der Waals surface area contributed by atoms with Gasteiger partial charge in [-0.05, 0) is 31.2 Å². The van der Waals surface area contributed by atoms with E-state index in [0.29, 0.717) is 11.4 Å². The van der Waals surface area contributed by atoms with Crippen LogP contribution >= 0.6 is 0 Å². The van der Waals surface area contributed by atoms with Gasteiger partial charge in [0.2, 0.25) is 0 Å². The summed E-state index contributed by atoms with van der Waals surface area (Å²) in [4.78, 5) is 24.5. The summed E-state index contributed by atoms with van der Waals surface area (Å²) in [6.45, 7) is 1.50. The van der Waals surface area contributed by atoms with Gasteiger partial charge >= 0.3 is 5.97 Å². The van der Waals surface area contributed by atoms with E-state index in [-0.39, 0.29) is 24.4 Å². The summed E-state index contributed by atoms with van der Waals surface area (Å²) in [6, 6.07) is 7.29. The van der Waals surface area contributed by atoms with Gasteiger partial charge < -0.3 is 19.6 Å². The molecular formula is C14H14N2O5. The molecule has 1 amide bonds. The molecule has 2 rings (SSSR count). The Labute approximate surface area is 120 Å². The van der Waals surface area contributed by atoms with Gasteiger partial charge in [0.05, 0.1) is 12.2 Å². The second-order valence-corrected chi connectivity index (χ2v) is 4.36. The van der Waals surface area contributed by atoms with Crippen LogP contribution < -0.4 is 4.90 Å². The first-order chi connectivity index (χ1) is 10.0. The lowest BCUT2D eigenvalue weighted by Gasteiger charge is -2.20. The van der Waals surface area contributed by atoms with Gasteiger partial charge in [0.25, 0.3) is 5.91 Å². The number of carbonyl (C=O) groups excluding carboxylic acids is 1. The van der Waals surface area contributed by atoms with Crippen molar-refractivity contribution in [2.24, 2.45) is 0 Å². The topological polar surface area (TPSA) is 104 Å². The smallest absolute Gasteiger partial charge is 0.335 e. The molecule has 7 nitrogen and oxygen atoms in total. The van der Waals surface area contributed by atoms with E-state index in [4.69, 9.17) is 14.7 Å². The highest BCUT2D eigenvalue weighted by Crippen LogP contribution is 2.18. The first-order valence-corrected chi connectivity index (χ1v) is 6.22. The van der Waals surface area contributed by atoms with Gasteiger partial charge in [-0.1, -0.05) is 5.16 Å². The zero-order valence-electron chi connectivity index (χ0n) is 11.3. The quantitative estimate of drug-likeness (QED) is 0.860. The molecule has 0 atom stereocenters. The number of carbonyl (C=O) groups is 2. The number of aromatic carboxylic acids is 1. The molecule has 0 aliphatic heterocycles. The number of amides is 1. The molecule has 0 saturated carbocycles. The van der Waals surface area contributed by atoms with E-state index in [0.717, 1.165) is 0 Å². The van der Waals surface area contributed by atoms with E-state index in [1.807, 2.05) is 0 Å². The Morgan fingerprint density at radius 2 is 1.95 bits per heavy atom. The molecule has 110 valence electrons. The van der Waals surface area contributed by atoms with Crippen molar-refractivity contribution in [1.82, 2.24) is 5.16 Å². The number of nitrogens with zero attached hydrogens (tertiary/aromatic N) is 2. The summed E-state index contributed by atoms with van der Waals surface area (Å²) in [7, 11) is 0. The summed E-state index contributed by atoms with van der Waals surface area (Å²) in [5, 5.41) is 21.6. The molecule has 1 aromatic carbocycles. The number of aliphatic hydroxyl groups is 1. The molecule has 7 heteroatoms. The van der Waals surface area contributed by atoms with Crippen LogP contribution in [0.1, 0.15) is 26.6 Å². The number of hydrogen-bond donors (Lipinski definition) is 2. The molecule has 0 spiro atoms. The fourth-order valence-electron chi connectivity index (χ4n) is 1.84. The van der Waals surface area contributed by atoms with Crippen LogP contribution in [0, 0.1) is 6.92 Å². The summed E-state index contributed by atoms with van der Waals surface area (Å²) in [5.41, 5.74) is 0.718. The van der Waals surface area contributed by atoms with Crippen molar-refractivity contribution in [3.05, 3.63) is 47.3 Å². The summed E-state index contributed by atoms with van der Waals surface area (Å²) >= 11 is 0. The number of benzene rings is 1. The Kier molecular flexibility index (Phi) is 4.34. The van der Waals surface area contributed by atoms with Gasteiger partial charge in [0.1, 0.15) is 5.76 Å². The average Bonchev–Trinajstić information content (AvgIpc) is 2.91. The fourth-order valence-corrected chi connectivity index (χ4v) is 1.84. The van der Waals surface area contributed by atoms with E-state index >= 15 is 0 Å². The summed E-state index contributed by atoms with van der Waals surface area (Å²) < 4.78 is 4.86. The SMILES string of the molecule is Cc1cc(C(=O)N(CCO)c2ccc(C(=O)O)cc2)no1. The minimum absolute atomic E-state index is 0.0666. The lowest BCUT2D eigenvalue weighted by atomic mass is 10.2. The van der Waals surface area contributed by atoms with E-state index in [2.05, 4.69) is 5.16 Å². The number of aliphatic hydroxyl groups excluding tert-OH is 1. The van der Waals surface area contributed by atoms with Gasteiger partial charge in [0, 0.05) is 18.3 Å². The molecule has 0 bridgehead atoms. The average molecular weight is 290 g/mol. The number of hydrogen-bond acceptors (Lipinski definition) is 5. The van der Waals surface area contributed by atoms with E-state index in [1.165, 1.54) is 35.2 Å². The van der Waals surface area contributed by atoms with Crippen molar-refractivity contribution in [3.63, 3.8) is 0 Å². The molecular weight excluding hydrogens is 276 g/mol. The van der Waals surface area contributed by atoms with E-state index < -0.39 is 11.9 Å². The van der Waals surface area contributed by atoms with Crippen LogP contribution in [0.15, 0.2) is 34.9 Å². The Balaban J connectivity index is 2.29. The zero-order valence-corrected chi connectivity index (χ0v) is 11.3. The molecule has 0 aliphatic rings. The maximum Gasteiger partial charge on any atom is 0.335 e. The zero-order chi connectivity index (χ0) is 15.4. The molecule has 0 fully saturated rings. The normalized spacial score (nSPS) is 10.4. The standard InChI is InChI=1S/C14H14N2O5/c1-9-8-12(15-21-9)13(18)16(6-7-17)11-4-2-10(3-5-11)14(19)20/h2-5,8,17H,6-7H2,1H3,(H,19,20). The monoisotopic (exact) mass is 290 g/mol. The first kappa shape index (κ1) is 14.7. The van der Waals surface area contributed by atoms with Crippen LogP contribution in [0.4, 0.5) is 5.69 Å². The highest BCUT2D eigenvalue weighted by Gasteiger charge is 2.20. The summed E-state index contributed by atoms with van der Waals surface area (Å²) in [6.07, 6.45) is 0. The van der Waals surface area contributed by atoms with Crippen molar-refractivity contribution >= 4 is 17.6 Å². The predicted octanol–water partition coefficient (Wildman–Crippen LogP) is 1.32. The van der Waals surface area contributed by atoms with Gasteiger partial charge in [-0.3, -0.25) is 4.79 Å². The van der Waals surface area contributed by atoms with Crippen LogP contribution in [0.3, 0.4) is 0 Å².